The van der Waals surface area contributed by atoms with Gasteiger partial charge in [0.25, 0.3) is 0 Å². The first kappa shape index (κ1) is 15.6. The fourth-order valence-corrected chi connectivity index (χ4v) is 2.18. The maximum absolute atomic E-state index is 11.5. The summed E-state index contributed by atoms with van der Waals surface area (Å²) in [7, 11) is -3.74. The van der Waals surface area contributed by atoms with Crippen molar-refractivity contribution in [1.29, 1.82) is 0 Å². The summed E-state index contributed by atoms with van der Waals surface area (Å²) >= 11 is 0. The van der Waals surface area contributed by atoms with E-state index in [4.69, 9.17) is 0 Å². The average Bonchev–Trinajstić information content (AvgIpc) is 2.16. The Kier molecular flexibility index (Phi) is 6.48. The smallest absolute Gasteiger partial charge is 0.334 e. The van der Waals surface area contributed by atoms with E-state index >= 15 is 0 Å². The van der Waals surface area contributed by atoms with E-state index in [-0.39, 0.29) is 18.8 Å². The summed E-state index contributed by atoms with van der Waals surface area (Å²) in [5.74, 6) is -2.99. The molecule has 0 saturated carbocycles. The van der Waals surface area contributed by atoms with Gasteiger partial charge in [-0.05, 0) is 13.8 Å². The molecular formula is C10H16O6S. The predicted molar refractivity (Wildman–Crippen MR) is 61.1 cm³/mol. The van der Waals surface area contributed by atoms with E-state index in [0.29, 0.717) is 0 Å². The monoisotopic (exact) mass is 264 g/mol. The van der Waals surface area contributed by atoms with E-state index < -0.39 is 33.3 Å². The Morgan fingerprint density at radius 3 is 2.06 bits per heavy atom. The molecule has 0 amide bonds. The van der Waals surface area contributed by atoms with Crippen molar-refractivity contribution < 1.29 is 27.5 Å². The molecule has 0 atom stereocenters. The van der Waals surface area contributed by atoms with E-state index in [9.17, 15) is 18.0 Å². The highest BCUT2D eigenvalue weighted by molar-refractivity contribution is 7.92. The van der Waals surface area contributed by atoms with Gasteiger partial charge in [-0.15, -0.1) is 0 Å². The van der Waals surface area contributed by atoms with Gasteiger partial charge in [0.05, 0.1) is 19.0 Å². The highest BCUT2D eigenvalue weighted by Gasteiger charge is 2.22. The molecule has 0 heterocycles. The van der Waals surface area contributed by atoms with Crippen molar-refractivity contribution >= 4 is 21.8 Å². The summed E-state index contributed by atoms with van der Waals surface area (Å²) in [4.78, 5) is 22.1. The van der Waals surface area contributed by atoms with E-state index in [1.165, 1.54) is 0 Å². The molecule has 0 radical (unpaired) electrons. The number of hydrogen-bond acceptors (Lipinski definition) is 6. The van der Waals surface area contributed by atoms with Crippen molar-refractivity contribution in [2.24, 2.45) is 0 Å². The molecule has 6 nitrogen and oxygen atoms in total. The van der Waals surface area contributed by atoms with E-state index in [1.54, 1.807) is 13.8 Å². The highest BCUT2D eigenvalue weighted by Crippen LogP contribution is 2.03. The van der Waals surface area contributed by atoms with Gasteiger partial charge < -0.3 is 9.47 Å². The van der Waals surface area contributed by atoms with Crippen molar-refractivity contribution in [3.05, 3.63) is 12.2 Å². The van der Waals surface area contributed by atoms with Gasteiger partial charge in [-0.2, -0.15) is 0 Å². The quantitative estimate of drug-likeness (QED) is 0.478. The van der Waals surface area contributed by atoms with Gasteiger partial charge in [0.15, 0.2) is 9.84 Å². The second-order valence-electron chi connectivity index (χ2n) is 3.16. The van der Waals surface area contributed by atoms with Gasteiger partial charge in [0, 0.05) is 5.57 Å². The molecule has 0 N–H and O–H groups in total. The molecule has 0 bridgehead atoms. The van der Waals surface area contributed by atoms with Crippen LogP contribution in [0.4, 0.5) is 0 Å². The lowest BCUT2D eigenvalue weighted by Gasteiger charge is -2.06. The molecule has 0 rings (SSSR count). The lowest BCUT2D eigenvalue weighted by atomic mass is 10.4. The minimum absolute atomic E-state index is 0.104. The number of hydrogen-bond donors (Lipinski definition) is 0. The minimum Gasteiger partial charge on any atom is -0.465 e. The Balaban J connectivity index is 4.40. The third-order valence-corrected chi connectivity index (χ3v) is 3.07. The third kappa shape index (κ3) is 6.72. The van der Waals surface area contributed by atoms with Crippen LogP contribution in [-0.4, -0.2) is 45.1 Å². The second kappa shape index (κ2) is 7.05. The summed E-state index contributed by atoms with van der Waals surface area (Å²) in [6, 6.07) is 0. The maximum Gasteiger partial charge on any atom is 0.334 e. The van der Waals surface area contributed by atoms with Gasteiger partial charge >= 0.3 is 11.9 Å². The third-order valence-electron chi connectivity index (χ3n) is 1.60. The van der Waals surface area contributed by atoms with Crippen LogP contribution in [0.3, 0.4) is 0 Å². The normalized spacial score (nSPS) is 10.7. The van der Waals surface area contributed by atoms with Crippen LogP contribution in [0.5, 0.6) is 0 Å². The minimum atomic E-state index is -3.74. The number of carbonyl (C=O) groups excluding carboxylic acids is 2. The van der Waals surface area contributed by atoms with Crippen molar-refractivity contribution in [2.45, 2.75) is 13.8 Å². The standard InChI is InChI=1S/C10H16O6S/c1-4-15-9(11)7-17(13,14)6-8(3)10(12)16-5-2/h3-7H2,1-2H3. The molecule has 0 saturated heterocycles. The first-order chi connectivity index (χ1) is 7.82. The van der Waals surface area contributed by atoms with Crippen LogP contribution < -0.4 is 0 Å². The van der Waals surface area contributed by atoms with Crippen LogP contribution in [0.1, 0.15) is 13.8 Å². The van der Waals surface area contributed by atoms with Crippen LogP contribution in [0, 0.1) is 0 Å². The molecule has 0 aromatic rings. The fraction of sp³-hybridized carbons (Fsp3) is 0.600. The van der Waals surface area contributed by atoms with E-state index in [1.807, 2.05) is 0 Å². The Morgan fingerprint density at radius 1 is 1.06 bits per heavy atom. The Hall–Kier alpha value is -1.37. The lowest BCUT2D eigenvalue weighted by Crippen LogP contribution is -2.24. The maximum atomic E-state index is 11.5. The molecule has 0 aliphatic carbocycles. The van der Waals surface area contributed by atoms with Crippen LogP contribution >= 0.6 is 0 Å². The van der Waals surface area contributed by atoms with Crippen LogP contribution in [0.25, 0.3) is 0 Å². The van der Waals surface area contributed by atoms with Crippen LogP contribution in [0.15, 0.2) is 12.2 Å². The first-order valence-corrected chi connectivity index (χ1v) is 6.85. The van der Waals surface area contributed by atoms with Gasteiger partial charge in [0.2, 0.25) is 0 Å². The molecular weight excluding hydrogens is 248 g/mol. The molecule has 0 aliphatic heterocycles. The van der Waals surface area contributed by atoms with E-state index in [2.05, 4.69) is 16.1 Å². The number of sulfone groups is 1. The summed E-state index contributed by atoms with van der Waals surface area (Å²) in [6.45, 7) is 6.71. The summed E-state index contributed by atoms with van der Waals surface area (Å²) < 4.78 is 32.0. The zero-order valence-corrected chi connectivity index (χ0v) is 10.7. The van der Waals surface area contributed by atoms with Crippen LogP contribution in [-0.2, 0) is 28.9 Å². The number of ether oxygens (including phenoxy) is 2. The zero-order chi connectivity index (χ0) is 13.5. The summed E-state index contributed by atoms with van der Waals surface area (Å²) in [6.07, 6.45) is 0. The molecule has 7 heteroatoms. The molecule has 98 valence electrons. The van der Waals surface area contributed by atoms with Crippen molar-refractivity contribution in [1.82, 2.24) is 0 Å². The molecule has 0 aromatic heterocycles. The van der Waals surface area contributed by atoms with Crippen molar-refractivity contribution in [2.75, 3.05) is 24.7 Å². The Bertz CT molecular complexity index is 395. The van der Waals surface area contributed by atoms with Gasteiger partial charge in [-0.25, -0.2) is 13.2 Å². The summed E-state index contributed by atoms with van der Waals surface area (Å²) in [5, 5.41) is 0. The number of esters is 2. The van der Waals surface area contributed by atoms with Crippen molar-refractivity contribution in [3.63, 3.8) is 0 Å². The fourth-order valence-electron chi connectivity index (χ4n) is 0.991. The van der Waals surface area contributed by atoms with Gasteiger partial charge in [0.1, 0.15) is 5.75 Å². The first-order valence-electron chi connectivity index (χ1n) is 5.03. The molecule has 0 aromatic carbocycles. The topological polar surface area (TPSA) is 86.7 Å². The molecule has 0 unspecified atom stereocenters. The molecule has 17 heavy (non-hydrogen) atoms. The van der Waals surface area contributed by atoms with Crippen LogP contribution in [0.2, 0.25) is 0 Å². The van der Waals surface area contributed by atoms with Gasteiger partial charge in [-0.1, -0.05) is 6.58 Å². The Morgan fingerprint density at radius 2 is 1.59 bits per heavy atom. The highest BCUT2D eigenvalue weighted by atomic mass is 32.2. The van der Waals surface area contributed by atoms with Gasteiger partial charge in [-0.3, -0.25) is 4.79 Å². The largest absolute Gasteiger partial charge is 0.465 e. The zero-order valence-electron chi connectivity index (χ0n) is 9.89. The molecule has 0 fully saturated rings. The lowest BCUT2D eigenvalue weighted by molar-refractivity contribution is -0.140. The number of rotatable bonds is 7. The van der Waals surface area contributed by atoms with E-state index in [0.717, 1.165) is 0 Å². The SMILES string of the molecule is C=C(CS(=O)(=O)CC(=O)OCC)C(=O)OCC. The molecule has 0 spiro atoms. The average molecular weight is 264 g/mol. The second-order valence-corrected chi connectivity index (χ2v) is 5.23. The predicted octanol–water partition coefficient (Wildman–Crippen LogP) is 0.0836. The Labute approximate surface area is 101 Å². The molecule has 0 aliphatic rings. The van der Waals surface area contributed by atoms with Crippen molar-refractivity contribution in [3.8, 4) is 0 Å². The number of carbonyl (C=O) groups is 2. The summed E-state index contributed by atoms with van der Waals surface area (Å²) in [5.41, 5.74) is -0.198.